The van der Waals surface area contributed by atoms with Gasteiger partial charge in [0.1, 0.15) is 23.9 Å². The lowest BCUT2D eigenvalue weighted by Gasteiger charge is -2.33. The van der Waals surface area contributed by atoms with E-state index in [1.807, 2.05) is 30.3 Å². The van der Waals surface area contributed by atoms with E-state index in [2.05, 4.69) is 5.32 Å². The number of amides is 2. The summed E-state index contributed by atoms with van der Waals surface area (Å²) in [4.78, 5) is 27.0. The molecule has 0 aromatic heterocycles. The first-order chi connectivity index (χ1) is 15.5. The van der Waals surface area contributed by atoms with Crippen molar-refractivity contribution in [3.05, 3.63) is 78.4 Å². The molecule has 0 bridgehead atoms. The molecule has 1 N–H and O–H groups in total. The van der Waals surface area contributed by atoms with Crippen LogP contribution in [0.3, 0.4) is 0 Å². The topological polar surface area (TPSA) is 77.1 Å². The van der Waals surface area contributed by atoms with Crippen molar-refractivity contribution >= 4 is 23.2 Å². The minimum absolute atomic E-state index is 0.137. The van der Waals surface area contributed by atoms with Gasteiger partial charge in [-0.3, -0.25) is 9.59 Å². The summed E-state index contributed by atoms with van der Waals surface area (Å²) in [6, 6.07) is 21.6. The third kappa shape index (κ3) is 4.67. The maximum absolute atomic E-state index is 12.7. The molecule has 3 aromatic rings. The molecule has 0 saturated heterocycles. The lowest BCUT2D eigenvalue weighted by atomic mass is 10.1. The first-order valence-corrected chi connectivity index (χ1v) is 10.3. The number of ether oxygens (including phenoxy) is 3. The van der Waals surface area contributed by atoms with Crippen LogP contribution in [0.1, 0.15) is 17.3 Å². The Labute approximate surface area is 186 Å². The molecule has 0 radical (unpaired) electrons. The van der Waals surface area contributed by atoms with Crippen LogP contribution in [0.2, 0.25) is 0 Å². The second kappa shape index (κ2) is 9.43. The van der Waals surface area contributed by atoms with Crippen molar-refractivity contribution in [1.82, 2.24) is 0 Å². The van der Waals surface area contributed by atoms with Crippen molar-refractivity contribution < 1.29 is 23.8 Å². The molecular formula is C25H24N2O5. The van der Waals surface area contributed by atoms with Crippen LogP contribution in [0.25, 0.3) is 0 Å². The Kier molecular flexibility index (Phi) is 6.26. The molecule has 1 aliphatic heterocycles. The van der Waals surface area contributed by atoms with Gasteiger partial charge in [-0.05, 0) is 49.4 Å². The molecule has 32 heavy (non-hydrogen) atoms. The normalized spacial score (nSPS) is 14.9. The largest absolute Gasteiger partial charge is 0.497 e. The molecule has 164 valence electrons. The van der Waals surface area contributed by atoms with Crippen molar-refractivity contribution in [2.45, 2.75) is 13.0 Å². The molecule has 1 heterocycles. The second-order valence-electron chi connectivity index (χ2n) is 7.28. The predicted molar refractivity (Wildman–Crippen MR) is 122 cm³/mol. The lowest BCUT2D eigenvalue weighted by Crippen LogP contribution is -2.46. The summed E-state index contributed by atoms with van der Waals surface area (Å²) in [6.07, 6.45) is -0.636. The summed E-state index contributed by atoms with van der Waals surface area (Å²) in [6.45, 7) is 2.43. The number of anilines is 2. The third-order valence-electron chi connectivity index (χ3n) is 5.08. The average Bonchev–Trinajstić information content (AvgIpc) is 2.82. The Morgan fingerprint density at radius 2 is 1.81 bits per heavy atom. The minimum Gasteiger partial charge on any atom is -0.497 e. The fraction of sp³-hybridized carbons (Fsp3) is 0.200. The zero-order valence-electron chi connectivity index (χ0n) is 17.9. The van der Waals surface area contributed by atoms with Gasteiger partial charge in [-0.1, -0.05) is 24.3 Å². The van der Waals surface area contributed by atoms with Crippen LogP contribution >= 0.6 is 0 Å². The molecule has 0 saturated carbocycles. The number of nitrogens with zero attached hydrogens (tertiary/aromatic N) is 1. The van der Waals surface area contributed by atoms with Gasteiger partial charge in [-0.15, -0.1) is 0 Å². The summed E-state index contributed by atoms with van der Waals surface area (Å²) in [5, 5.41) is 2.86. The minimum atomic E-state index is -0.636. The van der Waals surface area contributed by atoms with Crippen LogP contribution in [-0.2, 0) is 4.79 Å². The van der Waals surface area contributed by atoms with E-state index in [4.69, 9.17) is 14.2 Å². The summed E-state index contributed by atoms with van der Waals surface area (Å²) in [5.41, 5.74) is 1.69. The van der Waals surface area contributed by atoms with Gasteiger partial charge >= 0.3 is 0 Å². The molecule has 3 aromatic carbocycles. The van der Waals surface area contributed by atoms with Crippen LogP contribution in [0.4, 0.5) is 11.4 Å². The highest BCUT2D eigenvalue weighted by Gasteiger charge is 2.31. The van der Waals surface area contributed by atoms with E-state index in [1.54, 1.807) is 61.4 Å². The Morgan fingerprint density at radius 1 is 1.03 bits per heavy atom. The Bertz CT molecular complexity index is 1120. The summed E-state index contributed by atoms with van der Waals surface area (Å²) in [5.74, 6) is 1.48. The summed E-state index contributed by atoms with van der Waals surface area (Å²) < 4.78 is 16.7. The van der Waals surface area contributed by atoms with Crippen LogP contribution in [0.15, 0.2) is 72.8 Å². The van der Waals surface area contributed by atoms with Gasteiger partial charge in [0.05, 0.1) is 19.3 Å². The number of nitrogens with one attached hydrogen (secondary N) is 1. The maximum Gasteiger partial charge on any atom is 0.267 e. The van der Waals surface area contributed by atoms with Gasteiger partial charge < -0.3 is 24.4 Å². The summed E-state index contributed by atoms with van der Waals surface area (Å²) in [7, 11) is 1.55. The molecule has 4 rings (SSSR count). The zero-order valence-corrected chi connectivity index (χ0v) is 17.9. The maximum atomic E-state index is 12.7. The average molecular weight is 432 g/mol. The first kappa shape index (κ1) is 21.2. The van der Waals surface area contributed by atoms with Crippen LogP contribution in [-0.4, -0.2) is 38.2 Å². The number of fused-ring (bicyclic) bond motifs is 1. The van der Waals surface area contributed by atoms with Gasteiger partial charge in [0.2, 0.25) is 0 Å². The number of hydrogen-bond donors (Lipinski definition) is 1. The Balaban J connectivity index is 1.48. The van der Waals surface area contributed by atoms with E-state index in [0.29, 0.717) is 41.6 Å². The summed E-state index contributed by atoms with van der Waals surface area (Å²) >= 11 is 0. The highest BCUT2D eigenvalue weighted by atomic mass is 16.5. The van der Waals surface area contributed by atoms with Gasteiger partial charge in [0, 0.05) is 17.3 Å². The smallest absolute Gasteiger partial charge is 0.267 e. The van der Waals surface area contributed by atoms with Crippen molar-refractivity contribution in [2.75, 3.05) is 30.5 Å². The predicted octanol–water partition coefficient (Wildman–Crippen LogP) is 4.14. The number of para-hydroxylation sites is 1. The van der Waals surface area contributed by atoms with Gasteiger partial charge in [-0.25, -0.2) is 0 Å². The van der Waals surface area contributed by atoms with E-state index in [-0.39, 0.29) is 11.8 Å². The number of carbonyl (C=O) groups is 2. The molecule has 1 atom stereocenters. The Morgan fingerprint density at radius 3 is 2.59 bits per heavy atom. The Hall–Kier alpha value is -4.00. The zero-order chi connectivity index (χ0) is 22.5. The van der Waals surface area contributed by atoms with Crippen molar-refractivity contribution in [2.24, 2.45) is 0 Å². The van der Waals surface area contributed by atoms with Crippen LogP contribution < -0.4 is 24.4 Å². The lowest BCUT2D eigenvalue weighted by molar-refractivity contribution is -0.125. The number of rotatable bonds is 7. The van der Waals surface area contributed by atoms with E-state index in [0.717, 1.165) is 5.75 Å². The molecule has 7 nitrogen and oxygen atoms in total. The van der Waals surface area contributed by atoms with E-state index in [9.17, 15) is 9.59 Å². The molecule has 0 aliphatic carbocycles. The quantitative estimate of drug-likeness (QED) is 0.607. The molecule has 0 spiro atoms. The highest BCUT2D eigenvalue weighted by molar-refractivity contribution is 6.05. The number of methoxy groups -OCH3 is 1. The van der Waals surface area contributed by atoms with Crippen LogP contribution in [0, 0.1) is 0 Å². The monoisotopic (exact) mass is 432 g/mol. The van der Waals surface area contributed by atoms with Gasteiger partial charge in [-0.2, -0.15) is 0 Å². The molecule has 1 unspecified atom stereocenters. The standard InChI is InChI=1S/C25H24N2O5/c1-17-25(29)27(13-14-31-20-8-4-3-5-9-20)22-12-11-19(16-23(22)32-17)26-24(28)18-7-6-10-21(15-18)30-2/h3-12,15-17H,13-14H2,1-2H3,(H,26,28). The SMILES string of the molecule is COc1cccc(C(=O)Nc2ccc3c(c2)OC(C)C(=O)N3CCOc2ccccc2)c1. The van der Waals surface area contributed by atoms with E-state index < -0.39 is 6.10 Å². The fourth-order valence-corrected chi connectivity index (χ4v) is 3.46. The molecule has 1 aliphatic rings. The number of hydrogen-bond acceptors (Lipinski definition) is 5. The first-order valence-electron chi connectivity index (χ1n) is 10.3. The third-order valence-corrected chi connectivity index (χ3v) is 5.08. The molecule has 7 heteroatoms. The van der Waals surface area contributed by atoms with Crippen molar-refractivity contribution in [3.63, 3.8) is 0 Å². The number of carbonyl (C=O) groups excluding carboxylic acids is 2. The highest BCUT2D eigenvalue weighted by Crippen LogP contribution is 2.36. The second-order valence-corrected chi connectivity index (χ2v) is 7.28. The van der Waals surface area contributed by atoms with Crippen LogP contribution in [0.5, 0.6) is 17.2 Å². The van der Waals surface area contributed by atoms with Crippen molar-refractivity contribution in [3.8, 4) is 17.2 Å². The van der Waals surface area contributed by atoms with Gasteiger partial charge in [0.25, 0.3) is 11.8 Å². The molecule has 0 fully saturated rings. The fourth-order valence-electron chi connectivity index (χ4n) is 3.46. The number of benzene rings is 3. The van der Waals surface area contributed by atoms with E-state index in [1.165, 1.54) is 0 Å². The van der Waals surface area contributed by atoms with Gasteiger partial charge in [0.15, 0.2) is 6.10 Å². The molecular weight excluding hydrogens is 408 g/mol. The molecule has 2 amide bonds. The van der Waals surface area contributed by atoms with Crippen molar-refractivity contribution in [1.29, 1.82) is 0 Å². The van der Waals surface area contributed by atoms with E-state index >= 15 is 0 Å².